The van der Waals surface area contributed by atoms with Crippen LogP contribution in [-0.2, 0) is 28.4 Å². The lowest BCUT2D eigenvalue weighted by atomic mass is 9.94. The Kier molecular flexibility index (Phi) is 6.04. The Hall–Kier alpha value is -2.11. The first-order chi connectivity index (χ1) is 17.0. The van der Waals surface area contributed by atoms with Crippen molar-refractivity contribution < 1.29 is 38.1 Å². The number of ether oxygens (including phenoxy) is 6. The van der Waals surface area contributed by atoms with Crippen LogP contribution in [0.3, 0.4) is 0 Å². The van der Waals surface area contributed by atoms with E-state index in [0.717, 1.165) is 57.8 Å². The van der Waals surface area contributed by atoms with Gasteiger partial charge in [0.15, 0.2) is 30.1 Å². The second-order valence-corrected chi connectivity index (χ2v) is 10.3. The van der Waals surface area contributed by atoms with E-state index in [4.69, 9.17) is 28.4 Å². The normalized spacial score (nSPS) is 35.3. The Balaban J connectivity index is 1.22. The van der Waals surface area contributed by atoms with Gasteiger partial charge in [-0.3, -0.25) is 10.1 Å². The van der Waals surface area contributed by atoms with Gasteiger partial charge in [0, 0.05) is 37.8 Å². The highest BCUT2D eigenvalue weighted by molar-refractivity contribution is 5.89. The fourth-order valence-corrected chi connectivity index (χ4v) is 6.12. The Morgan fingerprint density at radius 1 is 0.886 bits per heavy atom. The molecule has 0 unspecified atom stereocenters. The second-order valence-electron chi connectivity index (χ2n) is 10.3. The highest BCUT2D eigenvalue weighted by atomic mass is 16.9. The smallest absolute Gasteiger partial charge is 0.338 e. The first kappa shape index (κ1) is 23.3. The number of hydrogen-bond donors (Lipinski definition) is 0. The molecule has 5 atom stereocenters. The molecule has 35 heavy (non-hydrogen) atoms. The molecule has 2 spiro atoms. The number of hydrogen-bond acceptors (Lipinski definition) is 9. The largest absolute Gasteiger partial charge is 0.453 e. The van der Waals surface area contributed by atoms with Crippen molar-refractivity contribution in [2.75, 3.05) is 6.61 Å². The first-order valence-electron chi connectivity index (χ1n) is 12.7. The van der Waals surface area contributed by atoms with Crippen LogP contribution in [0.2, 0.25) is 0 Å². The quantitative estimate of drug-likeness (QED) is 0.351. The van der Waals surface area contributed by atoms with Crippen LogP contribution in [0.25, 0.3) is 0 Å². The maximum atomic E-state index is 13.1. The molecular formula is C25H31NO9. The van der Waals surface area contributed by atoms with Crippen molar-refractivity contribution in [1.82, 2.24) is 0 Å². The third-order valence-corrected chi connectivity index (χ3v) is 7.92. The Morgan fingerprint density at radius 3 is 2.20 bits per heavy atom. The third kappa shape index (κ3) is 4.35. The van der Waals surface area contributed by atoms with E-state index in [0.29, 0.717) is 6.61 Å². The van der Waals surface area contributed by atoms with Gasteiger partial charge in [-0.05, 0) is 37.8 Å². The SMILES string of the molecule is O=C(O[C@H]1[C@H]2OC3(CCCCC3)O[C@@H]2O[C@@H]1[C@@H]1COC2(CCCCC2)O1)c1ccc([N+](=O)[O-])cc1. The fourth-order valence-electron chi connectivity index (χ4n) is 6.12. The molecule has 2 aliphatic carbocycles. The van der Waals surface area contributed by atoms with Gasteiger partial charge in [-0.1, -0.05) is 12.8 Å². The van der Waals surface area contributed by atoms with E-state index in [1.165, 1.54) is 30.7 Å². The average molecular weight is 490 g/mol. The van der Waals surface area contributed by atoms with E-state index in [9.17, 15) is 14.9 Å². The lowest BCUT2D eigenvalue weighted by Crippen LogP contribution is -2.46. The monoisotopic (exact) mass is 489 g/mol. The summed E-state index contributed by atoms with van der Waals surface area (Å²) in [4.78, 5) is 23.5. The Bertz CT molecular complexity index is 954. The van der Waals surface area contributed by atoms with Crippen molar-refractivity contribution in [3.8, 4) is 0 Å². The van der Waals surface area contributed by atoms with E-state index in [1.54, 1.807) is 0 Å². The number of nitrogens with zero attached hydrogens (tertiary/aromatic N) is 1. The molecule has 1 aromatic rings. The number of nitro groups is 1. The van der Waals surface area contributed by atoms with Gasteiger partial charge in [0.2, 0.25) is 0 Å². The average Bonchev–Trinajstić information content (AvgIpc) is 3.52. The van der Waals surface area contributed by atoms with Crippen molar-refractivity contribution in [2.45, 2.75) is 106 Å². The molecule has 0 amide bonds. The minimum atomic E-state index is -0.753. The van der Waals surface area contributed by atoms with E-state index in [-0.39, 0.29) is 11.3 Å². The topological polar surface area (TPSA) is 116 Å². The fraction of sp³-hybridized carbons (Fsp3) is 0.720. The first-order valence-corrected chi connectivity index (χ1v) is 12.7. The molecule has 5 fully saturated rings. The summed E-state index contributed by atoms with van der Waals surface area (Å²) in [5.41, 5.74) is 0.126. The number of rotatable bonds is 4. The van der Waals surface area contributed by atoms with Gasteiger partial charge in [-0.15, -0.1) is 0 Å². The van der Waals surface area contributed by atoms with Crippen molar-refractivity contribution in [3.05, 3.63) is 39.9 Å². The Labute approximate surface area is 203 Å². The molecule has 0 N–H and O–H groups in total. The van der Waals surface area contributed by atoms with Crippen LogP contribution in [0.4, 0.5) is 5.69 Å². The number of carbonyl (C=O) groups is 1. The van der Waals surface area contributed by atoms with Crippen LogP contribution >= 0.6 is 0 Å². The minimum Gasteiger partial charge on any atom is -0.453 e. The summed E-state index contributed by atoms with van der Waals surface area (Å²) >= 11 is 0. The molecule has 3 saturated heterocycles. The molecule has 2 saturated carbocycles. The molecule has 0 radical (unpaired) electrons. The molecule has 0 bridgehead atoms. The highest BCUT2D eigenvalue weighted by Gasteiger charge is 2.62. The van der Waals surface area contributed by atoms with Crippen LogP contribution < -0.4 is 0 Å². The molecule has 5 aliphatic rings. The van der Waals surface area contributed by atoms with E-state index in [1.807, 2.05) is 0 Å². The van der Waals surface area contributed by atoms with Gasteiger partial charge in [0.1, 0.15) is 12.2 Å². The number of esters is 1. The molecule has 6 rings (SSSR count). The van der Waals surface area contributed by atoms with Gasteiger partial charge in [-0.25, -0.2) is 4.79 Å². The zero-order chi connectivity index (χ0) is 24.0. The minimum absolute atomic E-state index is 0.0928. The summed E-state index contributed by atoms with van der Waals surface area (Å²) in [6, 6.07) is 5.36. The van der Waals surface area contributed by atoms with E-state index < -0.39 is 53.2 Å². The van der Waals surface area contributed by atoms with Crippen molar-refractivity contribution in [2.24, 2.45) is 0 Å². The van der Waals surface area contributed by atoms with Crippen LogP contribution in [0, 0.1) is 10.1 Å². The second kappa shape index (κ2) is 9.08. The summed E-state index contributed by atoms with van der Waals surface area (Å²) < 4.78 is 37.5. The van der Waals surface area contributed by atoms with Gasteiger partial charge in [-0.2, -0.15) is 0 Å². The van der Waals surface area contributed by atoms with E-state index in [2.05, 4.69) is 0 Å². The molecular weight excluding hydrogens is 458 g/mol. The summed E-state index contributed by atoms with van der Waals surface area (Å²) in [6.45, 7) is 0.348. The van der Waals surface area contributed by atoms with Gasteiger partial charge in [0.05, 0.1) is 17.1 Å². The number of nitro benzene ring substituents is 1. The molecule has 3 aliphatic heterocycles. The van der Waals surface area contributed by atoms with Crippen LogP contribution in [0.1, 0.15) is 74.6 Å². The number of benzene rings is 1. The lowest BCUT2D eigenvalue weighted by molar-refractivity contribution is -0.384. The van der Waals surface area contributed by atoms with Gasteiger partial charge in [0.25, 0.3) is 5.69 Å². The molecule has 1 aromatic carbocycles. The van der Waals surface area contributed by atoms with Gasteiger partial charge < -0.3 is 28.4 Å². The third-order valence-electron chi connectivity index (χ3n) is 7.92. The maximum absolute atomic E-state index is 13.1. The lowest BCUT2D eigenvalue weighted by Gasteiger charge is -2.35. The standard InChI is InChI=1S/C25H31NO9/c27-22(16-7-9-17(10-8-16)26(28)29)31-20-19(18-15-30-24(33-18)11-3-1-4-12-24)32-23-21(20)34-25(35-23)13-5-2-6-14-25/h7-10,18-21,23H,1-6,11-15H2/t18-,19+,20+,21+,23-/m0/s1. The number of carbonyl (C=O) groups excluding carboxylic acids is 1. The molecule has 3 heterocycles. The summed E-state index contributed by atoms with van der Waals surface area (Å²) in [5.74, 6) is -1.89. The highest BCUT2D eigenvalue weighted by Crippen LogP contribution is 2.48. The molecule has 10 heteroatoms. The van der Waals surface area contributed by atoms with Crippen LogP contribution in [0.5, 0.6) is 0 Å². The zero-order valence-electron chi connectivity index (χ0n) is 19.6. The summed E-state index contributed by atoms with van der Waals surface area (Å²) in [6.07, 6.45) is 6.68. The van der Waals surface area contributed by atoms with Crippen molar-refractivity contribution in [1.29, 1.82) is 0 Å². The summed E-state index contributed by atoms with van der Waals surface area (Å²) in [5, 5.41) is 11.0. The number of non-ortho nitro benzene ring substituents is 1. The maximum Gasteiger partial charge on any atom is 0.338 e. The molecule has 190 valence electrons. The molecule has 10 nitrogen and oxygen atoms in total. The Morgan fingerprint density at radius 2 is 1.54 bits per heavy atom. The van der Waals surface area contributed by atoms with E-state index >= 15 is 0 Å². The van der Waals surface area contributed by atoms with Crippen LogP contribution in [-0.4, -0.2) is 59.8 Å². The predicted octanol–water partition coefficient (Wildman–Crippen LogP) is 4.00. The predicted molar refractivity (Wildman–Crippen MR) is 119 cm³/mol. The van der Waals surface area contributed by atoms with Crippen molar-refractivity contribution >= 4 is 11.7 Å². The van der Waals surface area contributed by atoms with Crippen LogP contribution in [0.15, 0.2) is 24.3 Å². The zero-order valence-corrected chi connectivity index (χ0v) is 19.6. The number of fused-ring (bicyclic) bond motifs is 1. The summed E-state index contributed by atoms with van der Waals surface area (Å²) in [7, 11) is 0. The van der Waals surface area contributed by atoms with Gasteiger partial charge >= 0.3 is 5.97 Å². The van der Waals surface area contributed by atoms with Crippen molar-refractivity contribution in [3.63, 3.8) is 0 Å². The molecule has 0 aromatic heterocycles.